The third-order valence-corrected chi connectivity index (χ3v) is 7.61. The second-order valence-electron chi connectivity index (χ2n) is 11.2. The van der Waals surface area contributed by atoms with E-state index in [1.807, 2.05) is 0 Å². The van der Waals surface area contributed by atoms with Crippen LogP contribution in [-0.2, 0) is 0 Å². The lowest BCUT2D eigenvalue weighted by Crippen LogP contribution is -2.10. The lowest BCUT2D eigenvalue weighted by atomic mass is 10.0. The van der Waals surface area contributed by atoms with Gasteiger partial charge in [-0.25, -0.2) is 9.18 Å². The number of hydrogen-bond acceptors (Lipinski definition) is 4. The monoisotopic (exact) mass is 612 g/mol. The molecule has 0 aliphatic carbocycles. The summed E-state index contributed by atoms with van der Waals surface area (Å²) >= 11 is 0. The van der Waals surface area contributed by atoms with E-state index in [1.54, 1.807) is 24.3 Å². The van der Waals surface area contributed by atoms with Gasteiger partial charge in [-0.15, -0.1) is 0 Å². The first kappa shape index (κ1) is 35.0. The van der Waals surface area contributed by atoms with Crippen LogP contribution in [0.5, 0.6) is 17.2 Å². The molecule has 0 atom stereocenters. The largest absolute Gasteiger partial charge is 0.491 e. The number of hydrogen-bond donors (Lipinski definition) is 0. The SMILES string of the molecule is CCCCCCCCCOc1ccc(-c2ccc(C(=O)Oc3ccc(OCCCCCCCCC)c(F)c3F)cc2)cc1F. The normalized spacial score (nSPS) is 11.0. The molecular weight excluding hydrogens is 565 g/mol. The van der Waals surface area contributed by atoms with Crippen molar-refractivity contribution >= 4 is 5.97 Å². The van der Waals surface area contributed by atoms with Crippen LogP contribution in [0.4, 0.5) is 13.2 Å². The molecule has 0 heterocycles. The van der Waals surface area contributed by atoms with Crippen molar-refractivity contribution in [2.75, 3.05) is 13.2 Å². The first-order chi connectivity index (χ1) is 21.4. The van der Waals surface area contributed by atoms with Gasteiger partial charge in [0.1, 0.15) is 0 Å². The number of rotatable bonds is 21. The van der Waals surface area contributed by atoms with Gasteiger partial charge in [-0.1, -0.05) is 109 Å². The van der Waals surface area contributed by atoms with Crippen molar-refractivity contribution in [2.45, 2.75) is 104 Å². The molecule has 240 valence electrons. The third-order valence-electron chi connectivity index (χ3n) is 7.61. The van der Waals surface area contributed by atoms with Crippen LogP contribution < -0.4 is 14.2 Å². The summed E-state index contributed by atoms with van der Waals surface area (Å²) in [5, 5.41) is 0. The number of esters is 1. The van der Waals surface area contributed by atoms with Crippen molar-refractivity contribution in [3.05, 3.63) is 77.6 Å². The molecule has 0 N–H and O–H groups in total. The fourth-order valence-corrected chi connectivity index (χ4v) is 4.94. The first-order valence-corrected chi connectivity index (χ1v) is 16.3. The van der Waals surface area contributed by atoms with Crippen LogP contribution in [0.2, 0.25) is 0 Å². The van der Waals surface area contributed by atoms with Crippen LogP contribution in [0.25, 0.3) is 11.1 Å². The molecule has 4 nitrogen and oxygen atoms in total. The molecule has 0 amide bonds. The minimum atomic E-state index is -1.28. The van der Waals surface area contributed by atoms with Crippen LogP contribution in [0.3, 0.4) is 0 Å². The summed E-state index contributed by atoms with van der Waals surface area (Å²) in [6.07, 6.45) is 15.7. The number of halogens is 3. The Bertz CT molecular complexity index is 1280. The molecule has 0 unspecified atom stereocenters. The highest BCUT2D eigenvalue weighted by atomic mass is 19.2. The lowest BCUT2D eigenvalue weighted by molar-refractivity contribution is 0.0726. The Hall–Kier alpha value is -3.48. The maximum absolute atomic E-state index is 14.7. The number of carbonyl (C=O) groups is 1. The molecule has 3 aromatic rings. The van der Waals surface area contributed by atoms with Crippen LogP contribution in [-0.4, -0.2) is 19.2 Å². The molecule has 0 fully saturated rings. The molecule has 0 bridgehead atoms. The predicted octanol–water partition coefficient (Wildman–Crippen LogP) is 11.2. The maximum atomic E-state index is 14.7. The Balaban J connectivity index is 1.47. The zero-order chi connectivity index (χ0) is 31.6. The summed E-state index contributed by atoms with van der Waals surface area (Å²) in [4.78, 5) is 12.6. The van der Waals surface area contributed by atoms with E-state index >= 15 is 0 Å². The zero-order valence-corrected chi connectivity index (χ0v) is 26.3. The van der Waals surface area contributed by atoms with Gasteiger partial charge in [0, 0.05) is 0 Å². The number of ether oxygens (including phenoxy) is 3. The van der Waals surface area contributed by atoms with Crippen molar-refractivity contribution in [3.63, 3.8) is 0 Å². The van der Waals surface area contributed by atoms with E-state index in [9.17, 15) is 18.0 Å². The quantitative estimate of drug-likeness (QED) is 0.0682. The average molecular weight is 613 g/mol. The second kappa shape index (κ2) is 19.7. The third kappa shape index (κ3) is 11.5. The average Bonchev–Trinajstić information content (AvgIpc) is 3.03. The van der Waals surface area contributed by atoms with Gasteiger partial charge in [-0.2, -0.15) is 8.78 Å². The van der Waals surface area contributed by atoms with Gasteiger partial charge in [0.25, 0.3) is 0 Å². The van der Waals surface area contributed by atoms with Crippen molar-refractivity contribution in [1.29, 1.82) is 0 Å². The molecule has 0 aliphatic rings. The van der Waals surface area contributed by atoms with Gasteiger partial charge in [-0.05, 0) is 60.4 Å². The highest BCUT2D eigenvalue weighted by Crippen LogP contribution is 2.30. The second-order valence-corrected chi connectivity index (χ2v) is 11.2. The Morgan fingerprint density at radius 1 is 0.545 bits per heavy atom. The maximum Gasteiger partial charge on any atom is 0.343 e. The van der Waals surface area contributed by atoms with Crippen LogP contribution in [0.1, 0.15) is 114 Å². The molecule has 44 heavy (non-hydrogen) atoms. The van der Waals surface area contributed by atoms with E-state index in [0.717, 1.165) is 32.1 Å². The predicted molar refractivity (Wildman–Crippen MR) is 170 cm³/mol. The van der Waals surface area contributed by atoms with E-state index in [1.165, 1.54) is 88.1 Å². The Morgan fingerprint density at radius 3 is 1.57 bits per heavy atom. The minimum absolute atomic E-state index is 0.142. The van der Waals surface area contributed by atoms with E-state index in [-0.39, 0.29) is 23.7 Å². The van der Waals surface area contributed by atoms with Gasteiger partial charge in [0.15, 0.2) is 23.1 Å². The van der Waals surface area contributed by atoms with E-state index in [2.05, 4.69) is 13.8 Å². The fourth-order valence-electron chi connectivity index (χ4n) is 4.94. The Kier molecular flexibility index (Phi) is 15.7. The van der Waals surface area contributed by atoms with Gasteiger partial charge in [-0.3, -0.25) is 0 Å². The molecule has 0 radical (unpaired) electrons. The highest BCUT2D eigenvalue weighted by molar-refractivity contribution is 5.91. The summed E-state index contributed by atoms with van der Waals surface area (Å²) in [5.41, 5.74) is 1.44. The Labute approximate surface area is 260 Å². The highest BCUT2D eigenvalue weighted by Gasteiger charge is 2.19. The molecule has 7 heteroatoms. The molecule has 0 aliphatic heterocycles. The van der Waals surface area contributed by atoms with Crippen molar-refractivity contribution in [1.82, 2.24) is 0 Å². The molecule has 0 saturated carbocycles. The zero-order valence-electron chi connectivity index (χ0n) is 26.3. The van der Waals surface area contributed by atoms with Crippen molar-refractivity contribution < 1.29 is 32.2 Å². The van der Waals surface area contributed by atoms with Gasteiger partial charge >= 0.3 is 5.97 Å². The van der Waals surface area contributed by atoms with Crippen LogP contribution in [0.15, 0.2) is 54.6 Å². The van der Waals surface area contributed by atoms with Crippen LogP contribution in [0, 0.1) is 17.5 Å². The number of carbonyl (C=O) groups excluding carboxylic acids is 1. The summed E-state index contributed by atoms with van der Waals surface area (Å²) < 4.78 is 60.0. The molecule has 0 spiro atoms. The molecule has 3 rings (SSSR count). The van der Waals surface area contributed by atoms with Gasteiger partial charge < -0.3 is 14.2 Å². The van der Waals surface area contributed by atoms with E-state index in [4.69, 9.17) is 14.2 Å². The Morgan fingerprint density at radius 2 is 1.00 bits per heavy atom. The van der Waals surface area contributed by atoms with Crippen LogP contribution >= 0.6 is 0 Å². The molecule has 3 aromatic carbocycles. The topological polar surface area (TPSA) is 44.8 Å². The molecule has 0 saturated heterocycles. The molecule has 0 aromatic heterocycles. The summed E-state index contributed by atoms with van der Waals surface area (Å²) in [7, 11) is 0. The smallest absolute Gasteiger partial charge is 0.343 e. The minimum Gasteiger partial charge on any atom is -0.491 e. The standard InChI is InChI=1S/C37H47F3O4/c1-3-5-7-9-11-13-15-25-42-32-22-21-30(27-31(32)38)28-17-19-29(20-18-28)37(41)44-34-24-23-33(35(39)36(34)40)43-26-16-14-12-10-8-6-4-2/h17-24,27H,3-16,25-26H2,1-2H3. The number of unbranched alkanes of at least 4 members (excludes halogenated alkanes) is 12. The molecular formula is C37H47F3O4. The fraction of sp³-hybridized carbons (Fsp3) is 0.486. The lowest BCUT2D eigenvalue weighted by Gasteiger charge is -2.11. The van der Waals surface area contributed by atoms with E-state index in [0.29, 0.717) is 17.7 Å². The van der Waals surface area contributed by atoms with Crippen molar-refractivity contribution in [3.8, 4) is 28.4 Å². The summed E-state index contributed by atoms with van der Waals surface area (Å²) in [6.45, 7) is 5.13. The van der Waals surface area contributed by atoms with E-state index < -0.39 is 29.2 Å². The number of benzene rings is 3. The summed E-state index contributed by atoms with van der Waals surface area (Å²) in [5.74, 6) is -4.29. The van der Waals surface area contributed by atoms with Crippen molar-refractivity contribution in [2.24, 2.45) is 0 Å². The first-order valence-electron chi connectivity index (χ1n) is 16.3. The van der Waals surface area contributed by atoms with Gasteiger partial charge in [0.2, 0.25) is 11.6 Å². The summed E-state index contributed by atoms with van der Waals surface area (Å²) in [6, 6.07) is 13.5. The van der Waals surface area contributed by atoms with Gasteiger partial charge in [0.05, 0.1) is 18.8 Å².